The van der Waals surface area contributed by atoms with E-state index in [1.807, 2.05) is 13.8 Å². The number of aliphatic hydroxyl groups is 1. The molecule has 0 unspecified atom stereocenters. The molecule has 2 aliphatic heterocycles. The van der Waals surface area contributed by atoms with Crippen molar-refractivity contribution in [2.24, 2.45) is 0 Å². The predicted molar refractivity (Wildman–Crippen MR) is 99.0 cm³/mol. The molecule has 1 aromatic carbocycles. The molecule has 132 valence electrons. The van der Waals surface area contributed by atoms with E-state index in [1.165, 1.54) is 0 Å². The van der Waals surface area contributed by atoms with Crippen LogP contribution < -0.4 is 10.8 Å². The number of rotatable bonds is 1. The Labute approximate surface area is 146 Å². The zero-order valence-corrected chi connectivity index (χ0v) is 16.2. The zero-order chi connectivity index (χ0) is 18.1. The lowest BCUT2D eigenvalue weighted by Gasteiger charge is -2.43. The van der Waals surface area contributed by atoms with Gasteiger partial charge in [0.1, 0.15) is 0 Å². The number of aliphatic hydroxyl groups excluding tert-OH is 1. The minimum Gasteiger partial charge on any atom is -0.399 e. The van der Waals surface area contributed by atoms with Crippen molar-refractivity contribution in [3.05, 3.63) is 23.3 Å². The summed E-state index contributed by atoms with van der Waals surface area (Å²) in [6.07, 6.45) is -0.446. The van der Waals surface area contributed by atoms with Gasteiger partial charge >= 0.3 is 7.12 Å². The second-order valence-corrected chi connectivity index (χ2v) is 8.97. The molecule has 0 bridgehead atoms. The van der Waals surface area contributed by atoms with E-state index in [4.69, 9.17) is 9.31 Å². The van der Waals surface area contributed by atoms with E-state index in [0.29, 0.717) is 0 Å². The summed E-state index contributed by atoms with van der Waals surface area (Å²) in [5.74, 6) is 0.0531. The fraction of sp³-hybridized carbons (Fsp3) is 0.684. The number of hydrogen-bond donors (Lipinski definition) is 2. The van der Waals surface area contributed by atoms with Gasteiger partial charge in [0.05, 0.1) is 22.8 Å². The summed E-state index contributed by atoms with van der Waals surface area (Å²) in [4.78, 5) is 0. The number of fused-ring (bicyclic) bond motifs is 1. The number of benzene rings is 1. The highest BCUT2D eigenvalue weighted by Crippen LogP contribution is 2.41. The molecule has 0 spiro atoms. The predicted octanol–water partition coefficient (Wildman–Crippen LogP) is 2.96. The first-order valence-corrected chi connectivity index (χ1v) is 8.82. The van der Waals surface area contributed by atoms with Crippen LogP contribution in [0, 0.1) is 6.92 Å². The van der Waals surface area contributed by atoms with Crippen LogP contribution in [-0.2, 0) is 9.31 Å². The van der Waals surface area contributed by atoms with Gasteiger partial charge in [0.25, 0.3) is 0 Å². The Morgan fingerprint density at radius 3 is 2.12 bits per heavy atom. The molecule has 0 radical (unpaired) electrons. The quantitative estimate of drug-likeness (QED) is 0.777. The second kappa shape index (κ2) is 5.23. The van der Waals surface area contributed by atoms with Crippen LogP contribution in [0.25, 0.3) is 0 Å². The molecule has 2 aliphatic rings. The molecule has 3 rings (SSSR count). The van der Waals surface area contributed by atoms with Gasteiger partial charge in [-0.25, -0.2) is 0 Å². The Balaban J connectivity index is 2.02. The van der Waals surface area contributed by atoms with Gasteiger partial charge in [-0.3, -0.25) is 0 Å². The molecule has 2 heterocycles. The SMILES string of the molecule is Cc1cc(B2OC(C)(C)C(C)(C)O2)cc2c1NC(C)(C)[C@H](O)[C@H]2C. The lowest BCUT2D eigenvalue weighted by Crippen LogP contribution is -2.50. The van der Waals surface area contributed by atoms with Crippen LogP contribution in [0.5, 0.6) is 0 Å². The van der Waals surface area contributed by atoms with E-state index in [9.17, 15) is 5.11 Å². The highest BCUT2D eigenvalue weighted by atomic mass is 16.7. The standard InChI is InChI=1S/C19H30BNO3/c1-11-9-13(20-23-18(5,6)19(7,8)24-20)10-14-12(2)16(22)17(3,4)21-15(11)14/h9-10,12,16,21-22H,1-8H3/t12-,16+/m0/s1. The van der Waals surface area contributed by atoms with Crippen LogP contribution in [0.15, 0.2) is 12.1 Å². The molecule has 0 aromatic heterocycles. The molecule has 0 amide bonds. The smallest absolute Gasteiger partial charge is 0.399 e. The summed E-state index contributed by atoms with van der Waals surface area (Å²) in [6, 6.07) is 4.26. The van der Waals surface area contributed by atoms with E-state index in [0.717, 1.165) is 22.3 Å². The van der Waals surface area contributed by atoms with Crippen LogP contribution >= 0.6 is 0 Å². The third-order valence-electron chi connectivity index (χ3n) is 6.06. The summed E-state index contributed by atoms with van der Waals surface area (Å²) >= 11 is 0. The summed E-state index contributed by atoms with van der Waals surface area (Å²) in [5.41, 5.74) is 3.38. The van der Waals surface area contributed by atoms with Crippen LogP contribution in [0.4, 0.5) is 5.69 Å². The van der Waals surface area contributed by atoms with Crippen molar-refractivity contribution in [1.82, 2.24) is 0 Å². The first-order valence-electron chi connectivity index (χ1n) is 8.82. The minimum absolute atomic E-state index is 0.0531. The lowest BCUT2D eigenvalue weighted by molar-refractivity contribution is 0.00578. The fourth-order valence-corrected chi connectivity index (χ4v) is 3.68. The van der Waals surface area contributed by atoms with E-state index in [1.54, 1.807) is 0 Å². The molecule has 0 saturated carbocycles. The van der Waals surface area contributed by atoms with Crippen LogP contribution in [-0.4, -0.2) is 35.1 Å². The van der Waals surface area contributed by atoms with Crippen molar-refractivity contribution in [3.63, 3.8) is 0 Å². The van der Waals surface area contributed by atoms with Crippen molar-refractivity contribution >= 4 is 18.3 Å². The maximum Gasteiger partial charge on any atom is 0.494 e. The summed E-state index contributed by atoms with van der Waals surface area (Å²) < 4.78 is 12.4. The second-order valence-electron chi connectivity index (χ2n) is 8.97. The van der Waals surface area contributed by atoms with E-state index in [2.05, 4.69) is 59.0 Å². The van der Waals surface area contributed by atoms with Gasteiger partial charge in [0.15, 0.2) is 0 Å². The molecule has 4 nitrogen and oxygen atoms in total. The third kappa shape index (κ3) is 2.58. The Morgan fingerprint density at radius 2 is 1.58 bits per heavy atom. The normalized spacial score (nSPS) is 30.0. The van der Waals surface area contributed by atoms with E-state index < -0.39 is 6.10 Å². The van der Waals surface area contributed by atoms with Gasteiger partial charge in [0, 0.05) is 11.6 Å². The molecule has 1 fully saturated rings. The van der Waals surface area contributed by atoms with E-state index >= 15 is 0 Å². The van der Waals surface area contributed by atoms with Crippen molar-refractivity contribution < 1.29 is 14.4 Å². The molecule has 24 heavy (non-hydrogen) atoms. The molecule has 1 saturated heterocycles. The van der Waals surface area contributed by atoms with Gasteiger partial charge in [-0.1, -0.05) is 19.1 Å². The first-order chi connectivity index (χ1) is 10.9. The summed E-state index contributed by atoms with van der Waals surface area (Å²) in [5, 5.41) is 14.1. The Morgan fingerprint density at radius 1 is 1.04 bits per heavy atom. The van der Waals surface area contributed by atoms with Crippen LogP contribution in [0.1, 0.15) is 65.5 Å². The molecular weight excluding hydrogens is 301 g/mol. The number of aryl methyl sites for hydroxylation is 1. The maximum absolute atomic E-state index is 10.6. The third-order valence-corrected chi connectivity index (χ3v) is 6.06. The number of hydrogen-bond acceptors (Lipinski definition) is 4. The van der Waals surface area contributed by atoms with Gasteiger partial charge in [0.2, 0.25) is 0 Å². The topological polar surface area (TPSA) is 50.7 Å². The van der Waals surface area contributed by atoms with E-state index in [-0.39, 0.29) is 29.8 Å². The van der Waals surface area contributed by atoms with Crippen molar-refractivity contribution in [2.45, 2.75) is 84.2 Å². The molecule has 2 atom stereocenters. The Bertz CT molecular complexity index is 653. The van der Waals surface area contributed by atoms with Crippen molar-refractivity contribution in [2.75, 3.05) is 5.32 Å². The van der Waals surface area contributed by atoms with Gasteiger partial charge in [-0.15, -0.1) is 0 Å². The molecule has 0 aliphatic carbocycles. The molecule has 2 N–H and O–H groups in total. The van der Waals surface area contributed by atoms with Gasteiger partial charge < -0.3 is 19.7 Å². The zero-order valence-electron chi connectivity index (χ0n) is 16.2. The van der Waals surface area contributed by atoms with Gasteiger partial charge in [-0.2, -0.15) is 0 Å². The minimum atomic E-state index is -0.446. The maximum atomic E-state index is 10.6. The van der Waals surface area contributed by atoms with Crippen LogP contribution in [0.2, 0.25) is 0 Å². The lowest BCUT2D eigenvalue weighted by atomic mass is 9.72. The Kier molecular flexibility index (Phi) is 3.87. The van der Waals surface area contributed by atoms with Crippen molar-refractivity contribution in [3.8, 4) is 0 Å². The number of nitrogens with one attached hydrogen (secondary N) is 1. The average molecular weight is 331 g/mol. The highest BCUT2D eigenvalue weighted by Gasteiger charge is 2.52. The fourth-order valence-electron chi connectivity index (χ4n) is 3.68. The monoisotopic (exact) mass is 331 g/mol. The average Bonchev–Trinajstić information content (AvgIpc) is 2.66. The van der Waals surface area contributed by atoms with Crippen molar-refractivity contribution in [1.29, 1.82) is 0 Å². The molecular formula is C19H30BNO3. The summed E-state index contributed by atoms with van der Waals surface area (Å²) in [6.45, 7) is 16.5. The van der Waals surface area contributed by atoms with Gasteiger partial charge in [-0.05, 0) is 65.1 Å². The largest absolute Gasteiger partial charge is 0.494 e. The summed E-state index contributed by atoms with van der Waals surface area (Å²) in [7, 11) is -0.377. The van der Waals surface area contributed by atoms with Crippen LogP contribution in [0.3, 0.4) is 0 Å². The number of anilines is 1. The molecule has 5 heteroatoms. The highest BCUT2D eigenvalue weighted by molar-refractivity contribution is 6.62. The molecule has 1 aromatic rings. The first kappa shape index (κ1) is 17.8. The Hall–Kier alpha value is -1.04.